The molecule has 158 valence electrons. The van der Waals surface area contributed by atoms with Crippen molar-refractivity contribution in [1.29, 1.82) is 0 Å². The number of hydrogen-bond donors (Lipinski definition) is 2. The first-order valence-electron chi connectivity index (χ1n) is 8.79. The highest BCUT2D eigenvalue weighted by atomic mass is 16.6. The van der Waals surface area contributed by atoms with Crippen LogP contribution in [0.4, 0.5) is 11.4 Å². The number of fused-ring (bicyclic) bond motifs is 1. The van der Waals surface area contributed by atoms with Crippen LogP contribution in [0.2, 0.25) is 0 Å². The van der Waals surface area contributed by atoms with Gasteiger partial charge in [0.25, 0.3) is 11.6 Å². The molecule has 31 heavy (non-hydrogen) atoms. The summed E-state index contributed by atoms with van der Waals surface area (Å²) >= 11 is 0. The van der Waals surface area contributed by atoms with E-state index in [-0.39, 0.29) is 38.8 Å². The van der Waals surface area contributed by atoms with E-state index in [0.717, 1.165) is 20.3 Å². The normalized spacial score (nSPS) is 10.4. The summed E-state index contributed by atoms with van der Waals surface area (Å²) in [4.78, 5) is 47.4. The molecular weight excluding hydrogens is 408 g/mol. The van der Waals surface area contributed by atoms with Crippen LogP contribution in [0.15, 0.2) is 48.5 Å². The van der Waals surface area contributed by atoms with Crippen molar-refractivity contribution in [3.63, 3.8) is 0 Å². The summed E-state index contributed by atoms with van der Waals surface area (Å²) in [5, 5.41) is 24.7. The molecule has 0 spiro atoms. The Hall–Kier alpha value is -4.47. The number of carbonyl (C=O) groups is 3. The number of hydrogen-bond acceptors (Lipinski definition) is 8. The molecule has 0 bridgehead atoms. The number of nitrogens with zero attached hydrogens (tertiary/aromatic N) is 1. The molecule has 0 unspecified atom stereocenters. The predicted molar refractivity (Wildman–Crippen MR) is 109 cm³/mol. The summed E-state index contributed by atoms with van der Waals surface area (Å²) in [5.74, 6) is -2.85. The highest BCUT2D eigenvalue weighted by Gasteiger charge is 2.23. The Labute approximate surface area is 175 Å². The van der Waals surface area contributed by atoms with Gasteiger partial charge in [-0.3, -0.25) is 14.9 Å². The molecule has 1 amide bonds. The van der Waals surface area contributed by atoms with Crippen LogP contribution < -0.4 is 5.32 Å². The number of non-ortho nitro benzene ring substituents is 1. The first-order chi connectivity index (χ1) is 14.8. The molecule has 0 heterocycles. The predicted octanol–water partition coefficient (Wildman–Crippen LogP) is 3.28. The Balaban J connectivity index is 2.08. The molecule has 0 aliphatic carbocycles. The zero-order valence-corrected chi connectivity index (χ0v) is 16.4. The number of phenolic OH excluding ortho intramolecular Hbond substituents is 1. The van der Waals surface area contributed by atoms with Crippen LogP contribution >= 0.6 is 0 Å². The second-order valence-electron chi connectivity index (χ2n) is 6.33. The lowest BCUT2D eigenvalue weighted by Gasteiger charge is -2.12. The van der Waals surface area contributed by atoms with Crippen LogP contribution in [0.5, 0.6) is 5.75 Å². The van der Waals surface area contributed by atoms with Gasteiger partial charge >= 0.3 is 11.9 Å². The Morgan fingerprint density at radius 1 is 0.935 bits per heavy atom. The highest BCUT2D eigenvalue weighted by molar-refractivity contribution is 6.12. The van der Waals surface area contributed by atoms with E-state index in [1.54, 1.807) is 12.1 Å². The van der Waals surface area contributed by atoms with Gasteiger partial charge in [-0.1, -0.05) is 18.2 Å². The number of nitrogens with one attached hydrogen (secondary N) is 1. The lowest BCUT2D eigenvalue weighted by atomic mass is 10.0. The fourth-order valence-electron chi connectivity index (χ4n) is 3.03. The van der Waals surface area contributed by atoms with Crippen molar-refractivity contribution in [2.75, 3.05) is 19.5 Å². The summed E-state index contributed by atoms with van der Waals surface area (Å²) < 4.78 is 9.28. The number of nitro benzene ring substituents is 1. The minimum Gasteiger partial charge on any atom is -0.506 e. The van der Waals surface area contributed by atoms with Gasteiger partial charge in [0.1, 0.15) is 5.75 Å². The summed E-state index contributed by atoms with van der Waals surface area (Å²) in [6, 6.07) is 10.7. The van der Waals surface area contributed by atoms with Gasteiger partial charge in [-0.2, -0.15) is 0 Å². The first-order valence-corrected chi connectivity index (χ1v) is 8.79. The zero-order valence-electron chi connectivity index (χ0n) is 16.4. The number of methoxy groups -OCH3 is 2. The van der Waals surface area contributed by atoms with Crippen LogP contribution in [0.25, 0.3) is 10.8 Å². The topological polar surface area (TPSA) is 145 Å². The Morgan fingerprint density at radius 2 is 1.48 bits per heavy atom. The number of benzene rings is 3. The molecule has 3 rings (SSSR count). The molecule has 0 aliphatic rings. The lowest BCUT2D eigenvalue weighted by molar-refractivity contribution is -0.383. The Bertz CT molecular complexity index is 1200. The summed E-state index contributed by atoms with van der Waals surface area (Å²) in [5.41, 5.74) is -0.766. The number of carbonyl (C=O) groups excluding carboxylic acids is 3. The Morgan fingerprint density at radius 3 is 2.00 bits per heavy atom. The van der Waals surface area contributed by atoms with Crippen molar-refractivity contribution in [3.8, 4) is 5.75 Å². The molecule has 10 heteroatoms. The molecule has 0 radical (unpaired) electrons. The maximum absolute atomic E-state index is 12.8. The van der Waals surface area contributed by atoms with E-state index in [0.29, 0.717) is 0 Å². The van der Waals surface area contributed by atoms with Crippen LogP contribution in [0.1, 0.15) is 31.1 Å². The number of ether oxygens (including phenoxy) is 2. The van der Waals surface area contributed by atoms with Gasteiger partial charge in [-0.05, 0) is 24.3 Å². The van der Waals surface area contributed by atoms with Gasteiger partial charge in [0.15, 0.2) is 0 Å². The van der Waals surface area contributed by atoms with Crippen LogP contribution in [-0.2, 0) is 9.47 Å². The Kier molecular flexibility index (Phi) is 5.82. The number of aromatic hydroxyl groups is 1. The lowest BCUT2D eigenvalue weighted by Crippen LogP contribution is -2.15. The average Bonchev–Trinajstić information content (AvgIpc) is 2.77. The molecule has 0 aliphatic heterocycles. The van der Waals surface area contributed by atoms with Gasteiger partial charge in [0.05, 0.1) is 41.2 Å². The van der Waals surface area contributed by atoms with E-state index in [9.17, 15) is 29.6 Å². The molecule has 3 aromatic carbocycles. The van der Waals surface area contributed by atoms with Gasteiger partial charge in [-0.15, -0.1) is 0 Å². The van der Waals surface area contributed by atoms with Crippen molar-refractivity contribution in [2.45, 2.75) is 0 Å². The van der Waals surface area contributed by atoms with Crippen LogP contribution in [-0.4, -0.2) is 42.1 Å². The number of esters is 2. The van der Waals surface area contributed by atoms with E-state index in [1.807, 2.05) is 0 Å². The van der Waals surface area contributed by atoms with Gasteiger partial charge < -0.3 is 19.9 Å². The van der Waals surface area contributed by atoms with E-state index in [4.69, 9.17) is 0 Å². The van der Waals surface area contributed by atoms with Crippen molar-refractivity contribution < 1.29 is 33.9 Å². The van der Waals surface area contributed by atoms with Crippen LogP contribution in [0.3, 0.4) is 0 Å². The highest BCUT2D eigenvalue weighted by Crippen LogP contribution is 2.36. The second kappa shape index (κ2) is 8.49. The monoisotopic (exact) mass is 424 g/mol. The maximum Gasteiger partial charge on any atom is 0.337 e. The average molecular weight is 424 g/mol. The number of phenols is 1. The van der Waals surface area contributed by atoms with Gasteiger partial charge in [0, 0.05) is 17.1 Å². The fourth-order valence-corrected chi connectivity index (χ4v) is 3.03. The third-order valence-corrected chi connectivity index (χ3v) is 4.47. The quantitative estimate of drug-likeness (QED) is 0.361. The van der Waals surface area contributed by atoms with Gasteiger partial charge in [-0.25, -0.2) is 9.59 Å². The number of rotatable bonds is 5. The van der Waals surface area contributed by atoms with Gasteiger partial charge in [0.2, 0.25) is 0 Å². The molecular formula is C21H16N2O8. The molecule has 0 saturated carbocycles. The molecule has 2 N–H and O–H groups in total. The van der Waals surface area contributed by atoms with E-state index in [1.165, 1.54) is 30.3 Å². The maximum atomic E-state index is 12.8. The molecule has 10 nitrogen and oxygen atoms in total. The van der Waals surface area contributed by atoms with Crippen molar-refractivity contribution >= 4 is 40.0 Å². The minimum absolute atomic E-state index is 0.0171. The number of amides is 1. The number of anilines is 1. The second-order valence-corrected chi connectivity index (χ2v) is 6.33. The summed E-state index contributed by atoms with van der Waals surface area (Å²) in [7, 11) is 2.30. The third-order valence-electron chi connectivity index (χ3n) is 4.47. The molecule has 0 aromatic heterocycles. The number of nitro groups is 1. The summed E-state index contributed by atoms with van der Waals surface area (Å²) in [6.45, 7) is 0. The molecule has 0 atom stereocenters. The van der Waals surface area contributed by atoms with Crippen molar-refractivity contribution in [3.05, 3.63) is 75.3 Å². The van der Waals surface area contributed by atoms with Crippen molar-refractivity contribution in [1.82, 2.24) is 0 Å². The van der Waals surface area contributed by atoms with E-state index < -0.39 is 28.5 Å². The standard InChI is InChI=1S/C21H16N2O8/c1-30-20(26)11-7-12(21(27)31-2)9-13(8-11)22-19(25)16-10-17(23(28)29)14-5-3-4-6-15(14)18(16)24/h3-10,24H,1-2H3,(H,22,25). The zero-order chi connectivity index (χ0) is 22.7. The SMILES string of the molecule is COC(=O)c1cc(NC(=O)c2cc([N+](=O)[O-])c3ccccc3c2O)cc(C(=O)OC)c1. The summed E-state index contributed by atoms with van der Waals surface area (Å²) in [6.07, 6.45) is 0. The van der Waals surface area contributed by atoms with E-state index >= 15 is 0 Å². The van der Waals surface area contributed by atoms with Crippen molar-refractivity contribution in [2.24, 2.45) is 0 Å². The van der Waals surface area contributed by atoms with E-state index in [2.05, 4.69) is 14.8 Å². The molecule has 0 fully saturated rings. The van der Waals surface area contributed by atoms with Crippen LogP contribution in [0, 0.1) is 10.1 Å². The molecule has 3 aromatic rings. The molecule has 0 saturated heterocycles. The largest absolute Gasteiger partial charge is 0.506 e. The minimum atomic E-state index is -0.885. The third kappa shape index (κ3) is 4.13. The first kappa shape index (κ1) is 21.2. The smallest absolute Gasteiger partial charge is 0.337 e. The fraction of sp³-hybridized carbons (Fsp3) is 0.0952.